The summed E-state index contributed by atoms with van der Waals surface area (Å²) in [6, 6.07) is 0. The summed E-state index contributed by atoms with van der Waals surface area (Å²) in [7, 11) is 0. The second-order valence-electron chi connectivity index (χ2n) is 1.94. The highest BCUT2D eigenvalue weighted by Crippen LogP contribution is 2.34. The Balaban J connectivity index is 3.80. The largest absolute Gasteiger partial charge is 0.351 e. The van der Waals surface area contributed by atoms with Crippen LogP contribution in [0.4, 0.5) is 5.13 Å². The van der Waals surface area contributed by atoms with Crippen LogP contribution >= 0.6 is 27.3 Å². The lowest BCUT2D eigenvalue weighted by Gasteiger charge is -2.11. The van der Waals surface area contributed by atoms with E-state index in [1.807, 2.05) is 0 Å². The smallest absolute Gasteiger partial charge is 0.186 e. The highest BCUT2D eigenvalue weighted by molar-refractivity contribution is 9.10. The molecule has 0 spiro atoms. The van der Waals surface area contributed by atoms with Gasteiger partial charge in [0.15, 0.2) is 5.13 Å². The Morgan fingerprint density at radius 2 is 2.69 bits per heavy atom. The van der Waals surface area contributed by atoms with Crippen LogP contribution < -0.4 is 4.90 Å². The van der Waals surface area contributed by atoms with Gasteiger partial charge in [-0.3, -0.25) is 0 Å². The van der Waals surface area contributed by atoms with Gasteiger partial charge in [-0.2, -0.15) is 0 Å². The fourth-order valence-electron chi connectivity index (χ4n) is 0.589. The van der Waals surface area contributed by atoms with Crippen molar-refractivity contribution >= 4 is 32.4 Å². The number of hydrogen-bond donors (Lipinski definition) is 0. The Hall–Kier alpha value is -0.0900. The van der Waals surface area contributed by atoms with Crippen molar-refractivity contribution in [3.63, 3.8) is 0 Å². The first-order chi connectivity index (χ1) is 12.0. The molecular formula is C9H15BrN2S. The normalized spacial score (nSPS) is 33.8. The molecule has 0 N–H and O–H groups in total. The number of rotatable bonds is 3. The maximum Gasteiger partial charge on any atom is 0.186 e. The van der Waals surface area contributed by atoms with Gasteiger partial charge in [-0.05, 0) is 28.7 Å². The Morgan fingerprint density at radius 3 is 3.31 bits per heavy atom. The van der Waals surface area contributed by atoms with Gasteiger partial charge >= 0.3 is 0 Å². The molecule has 2 nitrogen and oxygen atoms in total. The van der Waals surface area contributed by atoms with E-state index < -0.39 is 54.5 Å². The molecule has 0 aliphatic carbocycles. The van der Waals surface area contributed by atoms with Crippen LogP contribution in [0, 0.1) is 0 Å². The lowest BCUT2D eigenvalue weighted by atomic mass is 10.2. The number of hydrogen-bond acceptors (Lipinski definition) is 3. The second kappa shape index (κ2) is 4.42. The lowest BCUT2D eigenvalue weighted by molar-refractivity contribution is 0.877. The molecule has 0 radical (unpaired) electrons. The molecule has 1 heterocycles. The quantitative estimate of drug-likeness (QED) is 0.841. The molecule has 13 heavy (non-hydrogen) atoms. The molecule has 0 fully saturated rings. The molecule has 0 bridgehead atoms. The van der Waals surface area contributed by atoms with Crippen molar-refractivity contribution in [3.8, 4) is 0 Å². The number of nitrogens with zero attached hydrogens (tertiary/aromatic N) is 2. The average Bonchev–Trinajstić information content (AvgIpc) is 2.73. The summed E-state index contributed by atoms with van der Waals surface area (Å²) in [5.41, 5.74) is 0. The molecule has 1 aromatic heterocycles. The SMILES string of the molecule is [2H]C([2H])([2H])N(c1nc(Br)c(C([2H])(C([2H])([2H])[2H])C([2H])([2H])[2H])s1)C([2H])([2H])C([2H])([2H])[2H]. The van der Waals surface area contributed by atoms with Crippen molar-refractivity contribution in [2.45, 2.75) is 26.4 Å². The van der Waals surface area contributed by atoms with Gasteiger partial charge in [-0.15, -0.1) is 11.3 Å². The van der Waals surface area contributed by atoms with Crippen LogP contribution in [0.5, 0.6) is 0 Å². The minimum atomic E-state index is -3.46. The number of aromatic nitrogens is 1. The van der Waals surface area contributed by atoms with Crippen LogP contribution in [0.2, 0.25) is 0 Å². The molecule has 0 unspecified atom stereocenters. The molecule has 0 aromatic carbocycles. The third-order valence-corrected chi connectivity index (χ3v) is 3.00. The van der Waals surface area contributed by atoms with E-state index in [9.17, 15) is 0 Å². The lowest BCUT2D eigenvalue weighted by Crippen LogP contribution is -2.15. The third-order valence-electron chi connectivity index (χ3n) is 1.10. The maximum absolute atomic E-state index is 8.15. The molecule has 0 atom stereocenters. The van der Waals surface area contributed by atoms with Crippen LogP contribution in [0.3, 0.4) is 0 Å². The van der Waals surface area contributed by atoms with Crippen molar-refractivity contribution < 1.29 is 20.6 Å². The average molecular weight is 278 g/mol. The number of anilines is 1. The van der Waals surface area contributed by atoms with Crippen LogP contribution in [0.1, 0.15) is 51.9 Å². The van der Waals surface area contributed by atoms with Crippen LogP contribution in [-0.2, 0) is 0 Å². The van der Waals surface area contributed by atoms with Gasteiger partial charge in [0.2, 0.25) is 0 Å². The van der Waals surface area contributed by atoms with E-state index >= 15 is 0 Å². The highest BCUT2D eigenvalue weighted by atomic mass is 79.9. The van der Waals surface area contributed by atoms with Gasteiger partial charge < -0.3 is 4.90 Å². The molecule has 0 amide bonds. The number of thiazole rings is 1. The van der Waals surface area contributed by atoms with E-state index in [-0.39, 0.29) is 16.2 Å². The van der Waals surface area contributed by atoms with E-state index in [0.29, 0.717) is 0 Å². The highest BCUT2D eigenvalue weighted by Gasteiger charge is 2.13. The zero-order valence-electron chi connectivity index (χ0n) is 21.2. The van der Waals surface area contributed by atoms with Crippen molar-refractivity contribution in [1.29, 1.82) is 0 Å². The van der Waals surface area contributed by atoms with Crippen molar-refractivity contribution in [2.75, 3.05) is 18.4 Å². The minimum Gasteiger partial charge on any atom is -0.351 e. The van der Waals surface area contributed by atoms with Gasteiger partial charge in [0.25, 0.3) is 0 Å². The second-order valence-corrected chi connectivity index (χ2v) is 3.67. The number of halogens is 1. The third kappa shape index (κ3) is 2.44. The molecule has 4 heteroatoms. The minimum absolute atomic E-state index is 0.109. The fourth-order valence-corrected chi connectivity index (χ4v) is 2.00. The summed E-state index contributed by atoms with van der Waals surface area (Å²) in [6.45, 7) is -17.0. The van der Waals surface area contributed by atoms with Crippen LogP contribution in [0.15, 0.2) is 4.60 Å². The van der Waals surface area contributed by atoms with Crippen LogP contribution in [-0.4, -0.2) is 18.5 Å². The molecule has 74 valence electrons. The zero-order chi connectivity index (χ0) is 22.7. The van der Waals surface area contributed by atoms with Crippen LogP contribution in [0.25, 0.3) is 0 Å². The Morgan fingerprint density at radius 1 is 1.85 bits per heavy atom. The van der Waals surface area contributed by atoms with Gasteiger partial charge in [0.05, 0.1) is 0 Å². The van der Waals surface area contributed by atoms with Gasteiger partial charge in [-0.25, -0.2) is 4.98 Å². The standard InChI is InChI=1S/C9H15BrN2S/c1-5-12(4)9-11-8(10)7(13-9)6(2)3/h6H,5H2,1-4H3/i1D3,2D3,3D3,4D3,5D2,6D. The van der Waals surface area contributed by atoms with E-state index in [0.717, 1.165) is 0 Å². The monoisotopic (exact) mass is 277 g/mol. The first-order valence-corrected chi connectivity index (χ1v) is 4.57. The molecule has 0 saturated carbocycles. The Kier molecular flexibility index (Phi) is 0.799. The summed E-state index contributed by atoms with van der Waals surface area (Å²) >= 11 is 2.90. The Labute approximate surface area is 113 Å². The topological polar surface area (TPSA) is 16.1 Å². The van der Waals surface area contributed by atoms with Crippen molar-refractivity contribution in [1.82, 2.24) is 4.98 Å². The molecule has 1 aromatic rings. The van der Waals surface area contributed by atoms with Crippen molar-refractivity contribution in [3.05, 3.63) is 9.48 Å². The fraction of sp³-hybridized carbons (Fsp3) is 0.667. The summed E-state index contributed by atoms with van der Waals surface area (Å²) in [4.78, 5) is 2.78. The summed E-state index contributed by atoms with van der Waals surface area (Å²) in [6.07, 6.45) is 0. The predicted molar refractivity (Wildman–Crippen MR) is 62.8 cm³/mol. The van der Waals surface area contributed by atoms with E-state index in [1.54, 1.807) is 0 Å². The molecule has 1 rings (SSSR count). The van der Waals surface area contributed by atoms with E-state index in [2.05, 4.69) is 20.9 Å². The van der Waals surface area contributed by atoms with E-state index in [1.165, 1.54) is 0 Å². The summed E-state index contributed by atoms with van der Waals surface area (Å²) in [5.74, 6) is -3.22. The van der Waals surface area contributed by atoms with E-state index in [4.69, 9.17) is 20.6 Å². The molecule has 0 aliphatic heterocycles. The molecule has 0 aliphatic rings. The van der Waals surface area contributed by atoms with Gasteiger partial charge in [0, 0.05) is 38.9 Å². The molecular weight excluding hydrogens is 248 g/mol. The van der Waals surface area contributed by atoms with Crippen molar-refractivity contribution in [2.24, 2.45) is 0 Å². The molecule has 0 saturated heterocycles. The summed E-state index contributed by atoms with van der Waals surface area (Å²) in [5, 5.41) is -0.812. The maximum atomic E-state index is 8.15. The summed E-state index contributed by atoms with van der Waals surface area (Å²) < 4.78 is 112. The first-order valence-electron chi connectivity index (χ1n) is 10.5. The zero-order valence-corrected chi connectivity index (χ0v) is 8.58. The van der Waals surface area contributed by atoms with Gasteiger partial charge in [0.1, 0.15) is 4.60 Å². The Bertz CT molecular complexity index is 697. The first kappa shape index (κ1) is 2.35. The predicted octanol–water partition coefficient (Wildman–Crippen LogP) is 3.49. The van der Waals surface area contributed by atoms with Gasteiger partial charge in [-0.1, -0.05) is 13.7 Å².